The minimum Gasteiger partial charge on any atom is -0.405 e. The maximum atomic E-state index is 13.7. The quantitative estimate of drug-likeness (QED) is 0.679. The molecule has 1 aliphatic heterocycles. The number of para-hydroxylation sites is 1. The SMILES string of the molecule is O=C(NCc1ccccc1OC(F)(F)F)NCC1(c2cccc(F)c2)CCOCC1. The van der Waals surface area contributed by atoms with E-state index in [-0.39, 0.29) is 30.2 Å². The van der Waals surface area contributed by atoms with Crippen molar-refractivity contribution in [3.63, 3.8) is 0 Å². The molecule has 1 saturated heterocycles. The fraction of sp³-hybridized carbons (Fsp3) is 0.381. The normalized spacial score (nSPS) is 16.0. The van der Waals surface area contributed by atoms with Gasteiger partial charge in [-0.2, -0.15) is 0 Å². The van der Waals surface area contributed by atoms with Crippen LogP contribution in [0.25, 0.3) is 0 Å². The highest BCUT2D eigenvalue weighted by molar-refractivity contribution is 5.74. The van der Waals surface area contributed by atoms with Crippen LogP contribution in [0.5, 0.6) is 5.75 Å². The molecule has 0 bridgehead atoms. The highest BCUT2D eigenvalue weighted by Crippen LogP contribution is 2.34. The Morgan fingerprint density at radius 2 is 1.80 bits per heavy atom. The van der Waals surface area contributed by atoms with Crippen LogP contribution in [0.2, 0.25) is 0 Å². The van der Waals surface area contributed by atoms with Gasteiger partial charge in [-0.25, -0.2) is 9.18 Å². The molecule has 1 aliphatic rings. The third-order valence-electron chi connectivity index (χ3n) is 5.11. The molecule has 2 aromatic rings. The zero-order valence-electron chi connectivity index (χ0n) is 16.1. The van der Waals surface area contributed by atoms with Crippen LogP contribution in [0.15, 0.2) is 48.5 Å². The minimum absolute atomic E-state index is 0.145. The van der Waals surface area contributed by atoms with Crippen molar-refractivity contribution in [2.75, 3.05) is 19.8 Å². The average molecular weight is 426 g/mol. The first-order valence-electron chi connectivity index (χ1n) is 9.47. The molecule has 5 nitrogen and oxygen atoms in total. The molecule has 0 saturated carbocycles. The number of hydrogen-bond donors (Lipinski definition) is 2. The summed E-state index contributed by atoms with van der Waals surface area (Å²) < 4.78 is 60.7. The molecule has 162 valence electrons. The second-order valence-corrected chi connectivity index (χ2v) is 7.09. The lowest BCUT2D eigenvalue weighted by molar-refractivity contribution is -0.274. The van der Waals surface area contributed by atoms with E-state index in [2.05, 4.69) is 15.4 Å². The lowest BCUT2D eigenvalue weighted by Gasteiger charge is -2.38. The highest BCUT2D eigenvalue weighted by atomic mass is 19.4. The molecule has 0 aromatic heterocycles. The van der Waals surface area contributed by atoms with Crippen molar-refractivity contribution in [2.24, 2.45) is 0 Å². The van der Waals surface area contributed by atoms with Crippen LogP contribution >= 0.6 is 0 Å². The largest absolute Gasteiger partial charge is 0.573 e. The van der Waals surface area contributed by atoms with Crippen LogP contribution in [-0.2, 0) is 16.7 Å². The number of halogens is 4. The molecule has 0 unspecified atom stereocenters. The summed E-state index contributed by atoms with van der Waals surface area (Å²) in [7, 11) is 0. The van der Waals surface area contributed by atoms with Gasteiger partial charge in [-0.15, -0.1) is 13.2 Å². The molecule has 2 N–H and O–H groups in total. The van der Waals surface area contributed by atoms with Gasteiger partial charge in [0.2, 0.25) is 0 Å². The van der Waals surface area contributed by atoms with E-state index in [1.165, 1.54) is 30.3 Å². The molecule has 0 spiro atoms. The van der Waals surface area contributed by atoms with Crippen LogP contribution in [-0.4, -0.2) is 32.2 Å². The van der Waals surface area contributed by atoms with E-state index in [1.807, 2.05) is 6.07 Å². The number of benzene rings is 2. The van der Waals surface area contributed by atoms with Crippen molar-refractivity contribution in [3.05, 3.63) is 65.5 Å². The first-order valence-corrected chi connectivity index (χ1v) is 9.47. The number of amides is 2. The number of urea groups is 1. The van der Waals surface area contributed by atoms with Gasteiger partial charge < -0.3 is 20.1 Å². The van der Waals surface area contributed by atoms with Crippen molar-refractivity contribution in [1.82, 2.24) is 10.6 Å². The van der Waals surface area contributed by atoms with Gasteiger partial charge in [-0.3, -0.25) is 0 Å². The van der Waals surface area contributed by atoms with Crippen molar-refractivity contribution in [1.29, 1.82) is 0 Å². The Hall–Kier alpha value is -2.81. The van der Waals surface area contributed by atoms with Crippen LogP contribution < -0.4 is 15.4 Å². The van der Waals surface area contributed by atoms with E-state index in [4.69, 9.17) is 4.74 Å². The molecule has 1 heterocycles. The van der Waals surface area contributed by atoms with Crippen LogP contribution in [0, 0.1) is 5.82 Å². The van der Waals surface area contributed by atoms with Gasteiger partial charge >= 0.3 is 12.4 Å². The first-order chi connectivity index (χ1) is 14.3. The summed E-state index contributed by atoms with van der Waals surface area (Å²) in [5.41, 5.74) is 0.487. The zero-order valence-corrected chi connectivity index (χ0v) is 16.1. The summed E-state index contributed by atoms with van der Waals surface area (Å²) in [6, 6.07) is 11.3. The average Bonchev–Trinajstić information content (AvgIpc) is 2.71. The van der Waals surface area contributed by atoms with Crippen LogP contribution in [0.4, 0.5) is 22.4 Å². The van der Waals surface area contributed by atoms with E-state index in [0.717, 1.165) is 5.56 Å². The number of ether oxygens (including phenoxy) is 2. The molecule has 0 atom stereocenters. The monoisotopic (exact) mass is 426 g/mol. The second-order valence-electron chi connectivity index (χ2n) is 7.09. The van der Waals surface area contributed by atoms with Gasteiger partial charge in [0.25, 0.3) is 0 Å². The van der Waals surface area contributed by atoms with Gasteiger partial charge in [0.1, 0.15) is 11.6 Å². The molecule has 1 fully saturated rings. The molecule has 9 heteroatoms. The van der Waals surface area contributed by atoms with Crippen molar-refractivity contribution >= 4 is 6.03 Å². The van der Waals surface area contributed by atoms with Crippen molar-refractivity contribution in [2.45, 2.75) is 31.2 Å². The van der Waals surface area contributed by atoms with Crippen LogP contribution in [0.3, 0.4) is 0 Å². The zero-order chi connectivity index (χ0) is 21.6. The smallest absolute Gasteiger partial charge is 0.405 e. The Kier molecular flexibility index (Phi) is 6.81. The van der Waals surface area contributed by atoms with Gasteiger partial charge in [-0.05, 0) is 36.6 Å². The Labute approximate surface area is 171 Å². The van der Waals surface area contributed by atoms with E-state index in [9.17, 15) is 22.4 Å². The predicted molar refractivity (Wildman–Crippen MR) is 101 cm³/mol. The lowest BCUT2D eigenvalue weighted by Crippen LogP contribution is -2.47. The molecule has 0 radical (unpaired) electrons. The number of carbonyl (C=O) groups is 1. The van der Waals surface area contributed by atoms with Gasteiger partial charge in [0.15, 0.2) is 0 Å². The summed E-state index contributed by atoms with van der Waals surface area (Å²) in [6.45, 7) is 1.07. The molecule has 0 aliphatic carbocycles. The summed E-state index contributed by atoms with van der Waals surface area (Å²) >= 11 is 0. The fourth-order valence-electron chi connectivity index (χ4n) is 3.51. The van der Waals surface area contributed by atoms with Crippen molar-refractivity contribution in [3.8, 4) is 5.75 Å². The number of rotatable bonds is 6. The van der Waals surface area contributed by atoms with Gasteiger partial charge in [0.05, 0.1) is 0 Å². The Bertz CT molecular complexity index is 867. The van der Waals surface area contributed by atoms with E-state index >= 15 is 0 Å². The highest BCUT2D eigenvalue weighted by Gasteiger charge is 2.35. The predicted octanol–water partition coefficient (Wildman–Crippen LogP) is 4.27. The van der Waals surface area contributed by atoms with Gasteiger partial charge in [0, 0.05) is 37.3 Å². The maximum absolute atomic E-state index is 13.7. The fourth-order valence-corrected chi connectivity index (χ4v) is 3.51. The third-order valence-corrected chi connectivity index (χ3v) is 5.11. The van der Waals surface area contributed by atoms with E-state index in [0.29, 0.717) is 26.1 Å². The van der Waals surface area contributed by atoms with Crippen molar-refractivity contribution < 1.29 is 31.8 Å². The number of hydrogen-bond acceptors (Lipinski definition) is 3. The molecule has 3 rings (SSSR count). The summed E-state index contributed by atoms with van der Waals surface area (Å²) in [4.78, 5) is 12.3. The molecular formula is C21H22F4N2O3. The minimum atomic E-state index is -4.82. The van der Waals surface area contributed by atoms with Crippen LogP contribution in [0.1, 0.15) is 24.0 Å². The molecule has 2 aromatic carbocycles. The first kappa shape index (κ1) is 21.9. The standard InChI is InChI=1S/C21H22F4N2O3/c22-17-6-3-5-16(12-17)20(8-10-29-11-9-20)14-27-19(28)26-13-15-4-1-2-7-18(15)30-21(23,24)25/h1-7,12H,8-11,13-14H2,(H2,26,27,28). The Balaban J connectivity index is 1.62. The maximum Gasteiger partial charge on any atom is 0.573 e. The number of nitrogens with one attached hydrogen (secondary N) is 2. The van der Waals surface area contributed by atoms with Gasteiger partial charge in [-0.1, -0.05) is 30.3 Å². The Morgan fingerprint density at radius 3 is 2.50 bits per heavy atom. The molecule has 2 amide bonds. The third kappa shape index (κ3) is 5.85. The number of alkyl halides is 3. The molecule has 30 heavy (non-hydrogen) atoms. The van der Waals surface area contributed by atoms with E-state index in [1.54, 1.807) is 12.1 Å². The van der Waals surface area contributed by atoms with E-state index < -0.39 is 17.8 Å². The Morgan fingerprint density at radius 1 is 1.07 bits per heavy atom. The summed E-state index contributed by atoms with van der Waals surface area (Å²) in [5.74, 6) is -0.727. The number of carbonyl (C=O) groups excluding carboxylic acids is 1. The second kappa shape index (κ2) is 9.34. The lowest BCUT2D eigenvalue weighted by atomic mass is 9.74. The summed E-state index contributed by atoms with van der Waals surface area (Å²) in [6.07, 6.45) is -3.60. The molecular weight excluding hydrogens is 404 g/mol. The summed E-state index contributed by atoms with van der Waals surface area (Å²) in [5, 5.41) is 5.30. The topological polar surface area (TPSA) is 59.6 Å².